The van der Waals surface area contributed by atoms with E-state index in [9.17, 15) is 4.79 Å². The topological polar surface area (TPSA) is 29.5 Å². The molecule has 0 saturated carbocycles. The van der Waals surface area contributed by atoms with Crippen LogP contribution in [0, 0.1) is 5.92 Å². The molecule has 0 unspecified atom stereocenters. The Labute approximate surface area is 135 Å². The van der Waals surface area contributed by atoms with Gasteiger partial charge in [0.2, 0.25) is 0 Å². The third-order valence-corrected chi connectivity index (χ3v) is 4.29. The van der Waals surface area contributed by atoms with E-state index in [1.807, 2.05) is 19.1 Å². The van der Waals surface area contributed by atoms with Gasteiger partial charge in [-0.3, -0.25) is 0 Å². The average Bonchev–Trinajstić information content (AvgIpc) is 2.47. The summed E-state index contributed by atoms with van der Waals surface area (Å²) in [6.45, 7) is 6.66. The second kappa shape index (κ2) is 7.64. The molecule has 114 valence electrons. The molecule has 0 aromatic heterocycles. The predicted octanol–water partition coefficient (Wildman–Crippen LogP) is 4.26. The second-order valence-corrected chi connectivity index (χ2v) is 6.37. The maximum Gasteiger partial charge on any atom is 0.330 e. The number of ether oxygens (including phenoxy) is 1. The van der Waals surface area contributed by atoms with Gasteiger partial charge in [-0.2, -0.15) is 0 Å². The number of nitrogens with zero attached hydrogens (tertiary/aromatic N) is 1. The van der Waals surface area contributed by atoms with Gasteiger partial charge in [-0.1, -0.05) is 22.9 Å². The third-order valence-electron chi connectivity index (χ3n) is 3.80. The van der Waals surface area contributed by atoms with Crippen molar-refractivity contribution in [3.05, 3.63) is 34.3 Å². The van der Waals surface area contributed by atoms with Crippen LogP contribution in [0.1, 0.15) is 32.3 Å². The van der Waals surface area contributed by atoms with Crippen molar-refractivity contribution >= 4 is 33.7 Å². The fourth-order valence-electron chi connectivity index (χ4n) is 2.54. The summed E-state index contributed by atoms with van der Waals surface area (Å²) in [6, 6.07) is 6.21. The normalized spacial score (nSPS) is 16.4. The molecule has 1 aliphatic rings. The lowest BCUT2D eigenvalue weighted by Gasteiger charge is -2.33. The second-order valence-electron chi connectivity index (χ2n) is 5.46. The first-order valence-corrected chi connectivity index (χ1v) is 8.28. The van der Waals surface area contributed by atoms with Gasteiger partial charge in [0.05, 0.1) is 6.61 Å². The first-order chi connectivity index (χ1) is 10.1. The molecule has 21 heavy (non-hydrogen) atoms. The molecule has 0 bridgehead atoms. The Morgan fingerprint density at radius 2 is 2.14 bits per heavy atom. The standard InChI is InChI=1S/C17H22BrNO2/c1-3-21-17(20)7-4-14-12-15(18)5-6-16(14)19-10-8-13(2)9-11-19/h4-7,12-13H,3,8-11H2,1-2H3/b7-4+. The van der Waals surface area contributed by atoms with Crippen LogP contribution in [-0.2, 0) is 9.53 Å². The lowest BCUT2D eigenvalue weighted by Crippen LogP contribution is -2.33. The fourth-order valence-corrected chi connectivity index (χ4v) is 2.92. The molecule has 1 heterocycles. The number of halogens is 1. The lowest BCUT2D eigenvalue weighted by atomic mass is 9.98. The van der Waals surface area contributed by atoms with Crippen LogP contribution in [0.3, 0.4) is 0 Å². The number of rotatable bonds is 4. The van der Waals surface area contributed by atoms with Gasteiger partial charge in [-0.15, -0.1) is 0 Å². The molecule has 0 atom stereocenters. The molecule has 0 radical (unpaired) electrons. The molecule has 1 aromatic carbocycles. The minimum absolute atomic E-state index is 0.296. The lowest BCUT2D eigenvalue weighted by molar-refractivity contribution is -0.137. The van der Waals surface area contributed by atoms with Crippen molar-refractivity contribution in [2.45, 2.75) is 26.7 Å². The average molecular weight is 352 g/mol. The number of esters is 1. The maximum atomic E-state index is 11.5. The van der Waals surface area contributed by atoms with E-state index in [0.717, 1.165) is 29.0 Å². The molecule has 1 fully saturated rings. The van der Waals surface area contributed by atoms with Crippen LogP contribution in [0.25, 0.3) is 6.08 Å². The molecule has 1 aliphatic heterocycles. The zero-order valence-electron chi connectivity index (χ0n) is 12.6. The smallest absolute Gasteiger partial charge is 0.330 e. The highest BCUT2D eigenvalue weighted by atomic mass is 79.9. The summed E-state index contributed by atoms with van der Waals surface area (Å²) >= 11 is 3.50. The number of hydrogen-bond donors (Lipinski definition) is 0. The van der Waals surface area contributed by atoms with Gasteiger partial charge >= 0.3 is 5.97 Å². The summed E-state index contributed by atoms with van der Waals surface area (Å²) < 4.78 is 5.96. The highest BCUT2D eigenvalue weighted by molar-refractivity contribution is 9.10. The Bertz CT molecular complexity index is 520. The van der Waals surface area contributed by atoms with Crippen molar-refractivity contribution in [1.29, 1.82) is 0 Å². The van der Waals surface area contributed by atoms with E-state index in [0.29, 0.717) is 6.61 Å². The molecule has 0 spiro atoms. The Kier molecular flexibility index (Phi) is 5.85. The van der Waals surface area contributed by atoms with Crippen molar-refractivity contribution in [3.63, 3.8) is 0 Å². The molecule has 3 nitrogen and oxygen atoms in total. The zero-order valence-corrected chi connectivity index (χ0v) is 14.2. The molecule has 2 rings (SSSR count). The Balaban J connectivity index is 2.19. The Hall–Kier alpha value is -1.29. The predicted molar refractivity (Wildman–Crippen MR) is 90.4 cm³/mol. The van der Waals surface area contributed by atoms with E-state index >= 15 is 0 Å². The van der Waals surface area contributed by atoms with Gasteiger partial charge in [-0.25, -0.2) is 4.79 Å². The minimum atomic E-state index is -0.296. The van der Waals surface area contributed by atoms with E-state index in [4.69, 9.17) is 4.74 Å². The summed E-state index contributed by atoms with van der Waals surface area (Å²) in [5, 5.41) is 0. The van der Waals surface area contributed by atoms with Crippen molar-refractivity contribution in [3.8, 4) is 0 Å². The molecule has 1 saturated heterocycles. The van der Waals surface area contributed by atoms with Crippen molar-refractivity contribution in [1.82, 2.24) is 0 Å². The van der Waals surface area contributed by atoms with Crippen LogP contribution < -0.4 is 4.90 Å². The third kappa shape index (κ3) is 4.60. The van der Waals surface area contributed by atoms with Crippen molar-refractivity contribution in [2.75, 3.05) is 24.6 Å². The van der Waals surface area contributed by atoms with E-state index < -0.39 is 0 Å². The number of benzene rings is 1. The van der Waals surface area contributed by atoms with E-state index in [-0.39, 0.29) is 5.97 Å². The summed E-state index contributed by atoms with van der Waals surface area (Å²) in [5.74, 6) is 0.505. The monoisotopic (exact) mass is 351 g/mol. The van der Waals surface area contributed by atoms with E-state index in [2.05, 4.69) is 39.9 Å². The fraction of sp³-hybridized carbons (Fsp3) is 0.471. The van der Waals surface area contributed by atoms with Gasteiger partial charge in [0.25, 0.3) is 0 Å². The molecule has 0 amide bonds. The van der Waals surface area contributed by atoms with Crippen molar-refractivity contribution < 1.29 is 9.53 Å². The van der Waals surface area contributed by atoms with Crippen LogP contribution in [0.15, 0.2) is 28.7 Å². The minimum Gasteiger partial charge on any atom is -0.463 e. The van der Waals surface area contributed by atoms with Crippen LogP contribution in [0.5, 0.6) is 0 Å². The van der Waals surface area contributed by atoms with Crippen LogP contribution in [0.2, 0.25) is 0 Å². The molecule has 0 N–H and O–H groups in total. The first kappa shape index (κ1) is 16.1. The van der Waals surface area contributed by atoms with E-state index in [1.54, 1.807) is 0 Å². The summed E-state index contributed by atoms with van der Waals surface area (Å²) in [4.78, 5) is 13.9. The van der Waals surface area contributed by atoms with E-state index in [1.165, 1.54) is 24.6 Å². The number of carbonyl (C=O) groups excluding carboxylic acids is 1. The Morgan fingerprint density at radius 3 is 2.81 bits per heavy atom. The van der Waals surface area contributed by atoms with Gasteiger partial charge in [-0.05, 0) is 55.5 Å². The number of carbonyl (C=O) groups is 1. The zero-order chi connectivity index (χ0) is 15.2. The van der Waals surface area contributed by atoms with Gasteiger partial charge in [0.15, 0.2) is 0 Å². The quantitative estimate of drug-likeness (QED) is 0.599. The summed E-state index contributed by atoms with van der Waals surface area (Å²) in [6.07, 6.45) is 5.78. The van der Waals surface area contributed by atoms with Gasteiger partial charge in [0, 0.05) is 29.3 Å². The maximum absolute atomic E-state index is 11.5. The highest BCUT2D eigenvalue weighted by Gasteiger charge is 2.17. The molecular weight excluding hydrogens is 330 g/mol. The van der Waals surface area contributed by atoms with Gasteiger partial charge < -0.3 is 9.64 Å². The number of anilines is 1. The van der Waals surface area contributed by atoms with Crippen LogP contribution >= 0.6 is 15.9 Å². The SMILES string of the molecule is CCOC(=O)/C=C/c1cc(Br)ccc1N1CCC(C)CC1. The van der Waals surface area contributed by atoms with Gasteiger partial charge in [0.1, 0.15) is 0 Å². The molecule has 1 aromatic rings. The first-order valence-electron chi connectivity index (χ1n) is 7.49. The molecule has 4 heteroatoms. The summed E-state index contributed by atoms with van der Waals surface area (Å²) in [7, 11) is 0. The number of piperidine rings is 1. The molecular formula is C17H22BrNO2. The van der Waals surface area contributed by atoms with Crippen LogP contribution in [-0.4, -0.2) is 25.7 Å². The highest BCUT2D eigenvalue weighted by Crippen LogP contribution is 2.29. The summed E-state index contributed by atoms with van der Waals surface area (Å²) in [5.41, 5.74) is 2.23. The largest absolute Gasteiger partial charge is 0.463 e. The Morgan fingerprint density at radius 1 is 1.43 bits per heavy atom. The van der Waals surface area contributed by atoms with Crippen molar-refractivity contribution in [2.24, 2.45) is 5.92 Å². The molecule has 0 aliphatic carbocycles. The number of hydrogen-bond acceptors (Lipinski definition) is 3. The van der Waals surface area contributed by atoms with Crippen LogP contribution in [0.4, 0.5) is 5.69 Å².